The van der Waals surface area contributed by atoms with E-state index in [4.69, 9.17) is 17.0 Å². The number of nitrogens with one attached hydrogen (secondary N) is 1. The molecule has 3 aromatic rings. The van der Waals surface area contributed by atoms with E-state index in [0.29, 0.717) is 20.6 Å². The third-order valence-electron chi connectivity index (χ3n) is 3.20. The molecule has 0 atom stereocenters. The fourth-order valence-electron chi connectivity index (χ4n) is 2.01. The minimum Gasteiger partial charge on any atom is -0.506 e. The van der Waals surface area contributed by atoms with Crippen molar-refractivity contribution in [3.05, 3.63) is 67.6 Å². The summed E-state index contributed by atoms with van der Waals surface area (Å²) in [5.74, 6) is 1.32. The van der Waals surface area contributed by atoms with Crippen molar-refractivity contribution in [2.45, 2.75) is 6.61 Å². The lowest BCUT2D eigenvalue weighted by molar-refractivity contribution is 0.290. The van der Waals surface area contributed by atoms with Crippen LogP contribution < -0.4 is 4.74 Å². The Labute approximate surface area is 165 Å². The van der Waals surface area contributed by atoms with Crippen LogP contribution in [0.4, 0.5) is 0 Å². The lowest BCUT2D eigenvalue weighted by Crippen LogP contribution is -2.04. The summed E-state index contributed by atoms with van der Waals surface area (Å²) >= 11 is 11.9. The Morgan fingerprint density at radius 3 is 2.80 bits per heavy atom. The van der Waals surface area contributed by atoms with Crippen LogP contribution in [-0.4, -0.2) is 26.2 Å². The number of nitrogens with zero attached hydrogens (tertiary/aromatic N) is 3. The van der Waals surface area contributed by atoms with Crippen LogP contribution in [0.5, 0.6) is 11.5 Å². The quantitative estimate of drug-likeness (QED) is 0.409. The first-order chi connectivity index (χ1) is 12.0. The van der Waals surface area contributed by atoms with Crippen molar-refractivity contribution >= 4 is 50.3 Å². The minimum absolute atomic E-state index is 0.0871. The average Bonchev–Trinajstić information content (AvgIpc) is 2.96. The Morgan fingerprint density at radius 1 is 1.28 bits per heavy atom. The number of aromatic nitrogens is 3. The summed E-state index contributed by atoms with van der Waals surface area (Å²) in [5.41, 5.74) is 0.527. The topological polar surface area (TPSA) is 75.4 Å². The highest BCUT2D eigenvalue weighted by molar-refractivity contribution is 9.11. The summed E-state index contributed by atoms with van der Waals surface area (Å²) in [6.45, 7) is 0.197. The van der Waals surface area contributed by atoms with Gasteiger partial charge in [0.15, 0.2) is 5.82 Å². The van der Waals surface area contributed by atoms with Crippen LogP contribution >= 0.6 is 44.1 Å². The van der Waals surface area contributed by atoms with Gasteiger partial charge in [-0.15, -0.1) is 0 Å². The lowest BCUT2D eigenvalue weighted by atomic mass is 10.2. The molecule has 0 unspecified atom stereocenters. The number of hydrogen-bond acceptors (Lipinski definition) is 5. The molecule has 1 heterocycles. The Morgan fingerprint density at radius 2 is 2.04 bits per heavy atom. The van der Waals surface area contributed by atoms with Crippen LogP contribution in [0.1, 0.15) is 11.4 Å². The SMILES string of the molecule is Oc1c(Br)cc(Br)cc1/C=N\n1c(COc2ccccc2)n[nH]c1=S. The molecule has 3 rings (SSSR count). The molecule has 0 saturated carbocycles. The largest absolute Gasteiger partial charge is 0.506 e. The Balaban J connectivity index is 1.84. The predicted octanol–water partition coefficient (Wildman–Crippen LogP) is 4.63. The van der Waals surface area contributed by atoms with Crippen LogP contribution in [0.3, 0.4) is 0 Å². The molecule has 0 fully saturated rings. The predicted molar refractivity (Wildman–Crippen MR) is 105 cm³/mol. The first kappa shape index (κ1) is 17.8. The van der Waals surface area contributed by atoms with Gasteiger partial charge < -0.3 is 9.84 Å². The average molecular weight is 484 g/mol. The monoisotopic (exact) mass is 482 g/mol. The van der Waals surface area contributed by atoms with Gasteiger partial charge in [-0.3, -0.25) is 0 Å². The van der Waals surface area contributed by atoms with Gasteiger partial charge in [0, 0.05) is 10.0 Å². The van der Waals surface area contributed by atoms with E-state index >= 15 is 0 Å². The maximum atomic E-state index is 10.1. The number of benzene rings is 2. The molecular formula is C16H12Br2N4O2S. The first-order valence-electron chi connectivity index (χ1n) is 7.11. The van der Waals surface area contributed by atoms with Crippen molar-refractivity contribution in [3.8, 4) is 11.5 Å². The molecule has 0 amide bonds. The zero-order chi connectivity index (χ0) is 17.8. The summed E-state index contributed by atoms with van der Waals surface area (Å²) in [6.07, 6.45) is 1.50. The molecule has 0 saturated heterocycles. The van der Waals surface area contributed by atoms with Gasteiger partial charge in [-0.25, -0.2) is 5.10 Å². The molecule has 1 aromatic heterocycles. The number of halogens is 2. The van der Waals surface area contributed by atoms with E-state index in [-0.39, 0.29) is 12.4 Å². The zero-order valence-corrected chi connectivity index (χ0v) is 16.7. The summed E-state index contributed by atoms with van der Waals surface area (Å²) in [4.78, 5) is 0. The third-order valence-corrected chi connectivity index (χ3v) is 4.53. The van der Waals surface area contributed by atoms with E-state index in [0.717, 1.165) is 10.2 Å². The van der Waals surface area contributed by atoms with Crippen LogP contribution in [0, 0.1) is 4.77 Å². The number of H-pyrrole nitrogens is 1. The number of aromatic amines is 1. The molecule has 2 aromatic carbocycles. The van der Waals surface area contributed by atoms with Gasteiger partial charge in [-0.1, -0.05) is 34.1 Å². The second-order valence-corrected chi connectivity index (χ2v) is 7.09. The zero-order valence-electron chi connectivity index (χ0n) is 12.7. The molecule has 0 aliphatic carbocycles. The first-order valence-corrected chi connectivity index (χ1v) is 9.10. The number of ether oxygens (including phenoxy) is 1. The molecule has 0 aliphatic heterocycles. The number of phenolic OH excluding ortho intramolecular Hbond substituents is 1. The molecule has 128 valence electrons. The van der Waals surface area contributed by atoms with Gasteiger partial charge in [0.2, 0.25) is 4.77 Å². The maximum absolute atomic E-state index is 10.1. The van der Waals surface area contributed by atoms with Crippen molar-refractivity contribution < 1.29 is 9.84 Å². The molecule has 6 nitrogen and oxygen atoms in total. The Kier molecular flexibility index (Phi) is 5.67. The molecule has 25 heavy (non-hydrogen) atoms. The summed E-state index contributed by atoms with van der Waals surface area (Å²) in [5, 5.41) is 21.2. The smallest absolute Gasteiger partial charge is 0.216 e. The van der Waals surface area contributed by atoms with E-state index in [1.807, 2.05) is 30.3 Å². The van der Waals surface area contributed by atoms with Crippen LogP contribution in [0.2, 0.25) is 0 Å². The van der Waals surface area contributed by atoms with E-state index in [1.54, 1.807) is 12.1 Å². The van der Waals surface area contributed by atoms with E-state index in [2.05, 4.69) is 47.2 Å². The van der Waals surface area contributed by atoms with Gasteiger partial charge in [0.25, 0.3) is 0 Å². The van der Waals surface area contributed by atoms with E-state index in [9.17, 15) is 5.11 Å². The highest BCUT2D eigenvalue weighted by Crippen LogP contribution is 2.30. The van der Waals surface area contributed by atoms with Gasteiger partial charge in [-0.2, -0.15) is 14.9 Å². The summed E-state index contributed by atoms with van der Waals surface area (Å²) in [7, 11) is 0. The second kappa shape index (κ2) is 7.94. The van der Waals surface area contributed by atoms with Crippen molar-refractivity contribution in [1.82, 2.24) is 14.9 Å². The molecular weight excluding hydrogens is 472 g/mol. The summed E-state index contributed by atoms with van der Waals surface area (Å²) in [6, 6.07) is 12.9. The van der Waals surface area contributed by atoms with Crippen molar-refractivity contribution in [1.29, 1.82) is 0 Å². The maximum Gasteiger partial charge on any atom is 0.216 e. The number of phenols is 1. The molecule has 0 aliphatic rings. The number of aromatic hydroxyl groups is 1. The van der Waals surface area contributed by atoms with Crippen LogP contribution in [-0.2, 0) is 6.61 Å². The van der Waals surface area contributed by atoms with Gasteiger partial charge in [0.1, 0.15) is 18.1 Å². The molecule has 0 spiro atoms. The fraction of sp³-hybridized carbons (Fsp3) is 0.0625. The lowest BCUT2D eigenvalue weighted by Gasteiger charge is -2.05. The second-order valence-electron chi connectivity index (χ2n) is 4.93. The van der Waals surface area contributed by atoms with E-state index < -0.39 is 0 Å². The third kappa shape index (κ3) is 4.36. The standard InChI is InChI=1S/C16H12Br2N4O2S/c17-11-6-10(15(23)13(18)7-11)8-19-22-14(20-21-16(22)25)9-24-12-4-2-1-3-5-12/h1-8,23H,9H2,(H,21,25)/b19-8-. The van der Waals surface area contributed by atoms with Gasteiger partial charge >= 0.3 is 0 Å². The number of para-hydroxylation sites is 1. The van der Waals surface area contributed by atoms with Crippen molar-refractivity contribution in [2.75, 3.05) is 0 Å². The molecule has 2 N–H and O–H groups in total. The van der Waals surface area contributed by atoms with Crippen molar-refractivity contribution in [3.63, 3.8) is 0 Å². The van der Waals surface area contributed by atoms with Gasteiger partial charge in [-0.05, 0) is 52.4 Å². The van der Waals surface area contributed by atoms with Crippen LogP contribution in [0.25, 0.3) is 0 Å². The highest BCUT2D eigenvalue weighted by atomic mass is 79.9. The molecule has 0 radical (unpaired) electrons. The fourth-order valence-corrected chi connectivity index (χ4v) is 3.46. The Hall–Kier alpha value is -1.97. The molecule has 0 bridgehead atoms. The normalized spacial score (nSPS) is 11.1. The van der Waals surface area contributed by atoms with Crippen LogP contribution in [0.15, 0.2) is 56.5 Å². The number of rotatable bonds is 5. The summed E-state index contributed by atoms with van der Waals surface area (Å²) < 4.78 is 8.82. The molecule has 9 heteroatoms. The Bertz CT molecular complexity index is 970. The number of hydrogen-bond donors (Lipinski definition) is 2. The van der Waals surface area contributed by atoms with Crippen molar-refractivity contribution in [2.24, 2.45) is 5.10 Å². The van der Waals surface area contributed by atoms with Gasteiger partial charge in [0.05, 0.1) is 10.7 Å². The van der Waals surface area contributed by atoms with E-state index in [1.165, 1.54) is 10.9 Å². The minimum atomic E-state index is 0.0871. The highest BCUT2D eigenvalue weighted by Gasteiger charge is 2.08.